The fourth-order valence-electron chi connectivity index (χ4n) is 1.59. The zero-order valence-corrected chi connectivity index (χ0v) is 12.2. The van der Waals surface area contributed by atoms with E-state index in [9.17, 15) is 9.59 Å². The Bertz CT molecular complexity index is 490. The number of carboxylic acid groups (broad SMARTS) is 1. The number of rotatable bonds is 7. The predicted octanol–water partition coefficient (Wildman–Crippen LogP) is 2.72. The van der Waals surface area contributed by atoms with Crippen LogP contribution >= 0.6 is 11.6 Å². The van der Waals surface area contributed by atoms with Crippen molar-refractivity contribution < 1.29 is 19.4 Å². The van der Waals surface area contributed by atoms with E-state index in [1.165, 1.54) is 6.07 Å². The Labute approximate surface area is 122 Å². The molecule has 0 bridgehead atoms. The summed E-state index contributed by atoms with van der Waals surface area (Å²) in [4.78, 5) is 23.1. The highest BCUT2D eigenvalue weighted by Gasteiger charge is 2.21. The number of carboxylic acids is 1. The molecule has 0 saturated heterocycles. The molecule has 0 aliphatic carbocycles. The molecule has 1 aromatic carbocycles. The van der Waals surface area contributed by atoms with E-state index < -0.39 is 17.9 Å². The third-order valence-electron chi connectivity index (χ3n) is 2.66. The zero-order valence-electron chi connectivity index (χ0n) is 11.5. The van der Waals surface area contributed by atoms with E-state index in [-0.39, 0.29) is 5.56 Å². The lowest BCUT2D eigenvalue weighted by molar-refractivity contribution is -0.139. The van der Waals surface area contributed by atoms with Gasteiger partial charge in [0.15, 0.2) is 0 Å². The third kappa shape index (κ3) is 4.42. The highest BCUT2D eigenvalue weighted by Crippen LogP contribution is 2.23. The summed E-state index contributed by atoms with van der Waals surface area (Å²) in [6.45, 7) is 4.11. The summed E-state index contributed by atoms with van der Waals surface area (Å²) in [6.07, 6.45) is 1.10. The molecule has 0 saturated carbocycles. The number of benzene rings is 1. The Morgan fingerprint density at radius 3 is 2.65 bits per heavy atom. The molecule has 1 amide bonds. The number of amides is 1. The molecule has 0 heterocycles. The maximum atomic E-state index is 12.1. The molecule has 0 aromatic heterocycles. The van der Waals surface area contributed by atoms with Crippen LogP contribution in [0.4, 0.5) is 0 Å². The molecule has 1 rings (SSSR count). The van der Waals surface area contributed by atoms with Gasteiger partial charge in [-0.2, -0.15) is 0 Å². The Kier molecular flexibility index (Phi) is 6.31. The summed E-state index contributed by atoms with van der Waals surface area (Å²) in [5, 5.41) is 11.8. The van der Waals surface area contributed by atoms with Gasteiger partial charge in [-0.15, -0.1) is 0 Å². The number of halogens is 1. The van der Waals surface area contributed by atoms with Crippen molar-refractivity contribution in [1.82, 2.24) is 5.32 Å². The molecule has 20 heavy (non-hydrogen) atoms. The molecular formula is C14H18ClNO4. The fourth-order valence-corrected chi connectivity index (χ4v) is 1.76. The standard InChI is InChI=1S/C14H18ClNO4/c1-3-7-20-12-6-5-9(15)8-10(12)13(17)16-11(4-2)14(18)19/h5-6,8,11H,3-4,7H2,1-2H3,(H,16,17)(H,18,19). The van der Waals surface area contributed by atoms with Crippen molar-refractivity contribution in [2.75, 3.05) is 6.61 Å². The van der Waals surface area contributed by atoms with E-state index in [1.54, 1.807) is 19.1 Å². The average molecular weight is 300 g/mol. The highest BCUT2D eigenvalue weighted by atomic mass is 35.5. The summed E-state index contributed by atoms with van der Waals surface area (Å²) < 4.78 is 5.47. The van der Waals surface area contributed by atoms with Gasteiger partial charge in [0.25, 0.3) is 5.91 Å². The first-order chi connectivity index (χ1) is 9.49. The van der Waals surface area contributed by atoms with Crippen LogP contribution in [0.25, 0.3) is 0 Å². The van der Waals surface area contributed by atoms with Crippen LogP contribution in [-0.4, -0.2) is 29.6 Å². The van der Waals surface area contributed by atoms with Crippen LogP contribution in [0.15, 0.2) is 18.2 Å². The van der Waals surface area contributed by atoms with E-state index >= 15 is 0 Å². The molecule has 0 spiro atoms. The van der Waals surface area contributed by atoms with Crippen LogP contribution in [0, 0.1) is 0 Å². The summed E-state index contributed by atoms with van der Waals surface area (Å²) >= 11 is 5.88. The topological polar surface area (TPSA) is 75.6 Å². The zero-order chi connectivity index (χ0) is 15.1. The Balaban J connectivity index is 2.95. The molecule has 0 radical (unpaired) electrons. The number of ether oxygens (including phenoxy) is 1. The lowest BCUT2D eigenvalue weighted by Gasteiger charge is -2.15. The van der Waals surface area contributed by atoms with Crippen LogP contribution in [0.3, 0.4) is 0 Å². The minimum Gasteiger partial charge on any atom is -0.493 e. The minimum absolute atomic E-state index is 0.241. The van der Waals surface area contributed by atoms with Gasteiger partial charge in [0.2, 0.25) is 0 Å². The van der Waals surface area contributed by atoms with Gasteiger partial charge in [-0.3, -0.25) is 4.79 Å². The Morgan fingerprint density at radius 1 is 1.40 bits per heavy atom. The Hall–Kier alpha value is -1.75. The Morgan fingerprint density at radius 2 is 2.10 bits per heavy atom. The van der Waals surface area contributed by atoms with Crippen molar-refractivity contribution in [2.45, 2.75) is 32.7 Å². The normalized spacial score (nSPS) is 11.8. The third-order valence-corrected chi connectivity index (χ3v) is 2.89. The van der Waals surface area contributed by atoms with Crippen LogP contribution < -0.4 is 10.1 Å². The van der Waals surface area contributed by atoms with Crippen LogP contribution in [0.5, 0.6) is 5.75 Å². The van der Waals surface area contributed by atoms with Crippen molar-refractivity contribution in [3.63, 3.8) is 0 Å². The maximum absolute atomic E-state index is 12.1. The monoisotopic (exact) mass is 299 g/mol. The van der Waals surface area contributed by atoms with Gasteiger partial charge in [-0.25, -0.2) is 4.79 Å². The predicted molar refractivity (Wildman–Crippen MR) is 76.4 cm³/mol. The quantitative estimate of drug-likeness (QED) is 0.811. The van der Waals surface area contributed by atoms with Gasteiger partial charge in [-0.05, 0) is 31.0 Å². The van der Waals surface area contributed by atoms with E-state index in [0.717, 1.165) is 6.42 Å². The molecule has 1 unspecified atom stereocenters. The summed E-state index contributed by atoms with van der Waals surface area (Å²) in [6, 6.07) is 3.77. The molecule has 5 nitrogen and oxygen atoms in total. The van der Waals surface area contributed by atoms with Gasteiger partial charge >= 0.3 is 5.97 Å². The first kappa shape index (κ1) is 16.3. The minimum atomic E-state index is -1.07. The molecule has 1 aromatic rings. The molecule has 0 aliphatic rings. The van der Waals surface area contributed by atoms with Crippen molar-refractivity contribution in [3.8, 4) is 5.75 Å². The molecule has 110 valence electrons. The average Bonchev–Trinajstić information content (AvgIpc) is 2.42. The summed E-state index contributed by atoms with van der Waals surface area (Å²) in [5.41, 5.74) is 0.241. The smallest absolute Gasteiger partial charge is 0.326 e. The molecule has 6 heteroatoms. The fraction of sp³-hybridized carbons (Fsp3) is 0.429. The number of hydrogen-bond donors (Lipinski definition) is 2. The SMILES string of the molecule is CCCOc1ccc(Cl)cc1C(=O)NC(CC)C(=O)O. The van der Waals surface area contributed by atoms with E-state index in [1.807, 2.05) is 6.92 Å². The molecule has 2 N–H and O–H groups in total. The van der Waals surface area contributed by atoms with E-state index in [0.29, 0.717) is 23.8 Å². The summed E-state index contributed by atoms with van der Waals surface area (Å²) in [7, 11) is 0. The highest BCUT2D eigenvalue weighted by molar-refractivity contribution is 6.31. The van der Waals surface area contributed by atoms with Crippen molar-refractivity contribution in [2.24, 2.45) is 0 Å². The van der Waals surface area contributed by atoms with Crippen LogP contribution in [0.1, 0.15) is 37.0 Å². The first-order valence-electron chi connectivity index (χ1n) is 6.45. The summed E-state index contributed by atoms with van der Waals surface area (Å²) in [5.74, 6) is -1.18. The number of nitrogens with one attached hydrogen (secondary N) is 1. The van der Waals surface area contributed by atoms with Crippen LogP contribution in [-0.2, 0) is 4.79 Å². The second-order valence-corrected chi connectivity index (χ2v) is 4.70. The maximum Gasteiger partial charge on any atom is 0.326 e. The van der Waals surface area contributed by atoms with Gasteiger partial charge in [0.05, 0.1) is 12.2 Å². The van der Waals surface area contributed by atoms with E-state index in [4.69, 9.17) is 21.4 Å². The number of carbonyl (C=O) groups excluding carboxylic acids is 1. The van der Waals surface area contributed by atoms with Crippen molar-refractivity contribution in [3.05, 3.63) is 28.8 Å². The lowest BCUT2D eigenvalue weighted by atomic mass is 10.1. The van der Waals surface area contributed by atoms with Crippen molar-refractivity contribution in [1.29, 1.82) is 0 Å². The van der Waals surface area contributed by atoms with Crippen LogP contribution in [0.2, 0.25) is 5.02 Å². The second kappa shape index (κ2) is 7.75. The van der Waals surface area contributed by atoms with E-state index in [2.05, 4.69) is 5.32 Å². The van der Waals surface area contributed by atoms with Gasteiger partial charge in [0, 0.05) is 5.02 Å². The number of aliphatic carboxylic acids is 1. The number of carbonyl (C=O) groups is 2. The molecule has 0 fully saturated rings. The van der Waals surface area contributed by atoms with Crippen molar-refractivity contribution >= 4 is 23.5 Å². The lowest BCUT2D eigenvalue weighted by Crippen LogP contribution is -2.40. The molecule has 0 aliphatic heterocycles. The van der Waals surface area contributed by atoms with Gasteiger partial charge in [0.1, 0.15) is 11.8 Å². The first-order valence-corrected chi connectivity index (χ1v) is 6.83. The van der Waals surface area contributed by atoms with Gasteiger partial charge < -0.3 is 15.2 Å². The largest absolute Gasteiger partial charge is 0.493 e. The molecule has 1 atom stereocenters. The molecular weight excluding hydrogens is 282 g/mol. The second-order valence-electron chi connectivity index (χ2n) is 4.26. The number of hydrogen-bond acceptors (Lipinski definition) is 3. The van der Waals surface area contributed by atoms with Gasteiger partial charge in [-0.1, -0.05) is 25.4 Å².